The standard InChI is InChI=1S/C67H75N11O4/c1-9-78-57-38-55-53(37-52(57)41(2)39-66(78,4)5)60(54-36-47-15-12-33-77-34-13-18-51(62(47)77)61(54)67(55,6)7)49-16-10-11-17-50(49)65(82)76(8)32-14-19-59(80)68-31-30-43-22-29-56(58(79)35-43)73-72-48-27-25-46(26-28-48)64(81)69-40-44-20-23-45(24-21-44)63-74-70-42(3)71-75-63/h10-11,16-17,20-29,35-38,41H,9,12-15,18-19,30-34,39-40H2,1-8H3,(H4,68,69,72,79,80,81,82)/p+1. The number of phenolic OH excluding ortho intramolecular Hbond substituents is 1. The van der Waals surface area contributed by atoms with Gasteiger partial charge in [0.05, 0.1) is 11.4 Å². The SMILES string of the molecule is CCN1c2cc3c(cc2C(C)CC1(C)C)C(c1ccccc1C(=O)N(C)CCCC(=O)NCCc1ccc(NNc2ccc(C(=O)NCc4ccc(-c5nnc(C)nn5)cc4)cc2)c(O)c1)=c1cc2c4c(c1C3(C)C)CCC[N+]=4CCC2. The number of aromatic nitrogens is 4. The summed E-state index contributed by atoms with van der Waals surface area (Å²) in [5.41, 5.74) is 22.5. The smallest absolute Gasteiger partial charge is 0.254 e. The molecule has 1 unspecified atom stereocenters. The second-order valence-corrected chi connectivity index (χ2v) is 23.9. The Balaban J connectivity index is 0.705. The molecule has 0 fully saturated rings. The van der Waals surface area contributed by atoms with Gasteiger partial charge >= 0.3 is 0 Å². The van der Waals surface area contributed by atoms with Crippen LogP contribution in [0.2, 0.25) is 0 Å². The zero-order chi connectivity index (χ0) is 57.5. The number of benzene rings is 6. The molecule has 4 heterocycles. The maximum Gasteiger partial charge on any atom is 0.254 e. The number of hydrazine groups is 1. The molecule has 0 radical (unpaired) electrons. The van der Waals surface area contributed by atoms with Crippen molar-refractivity contribution in [1.82, 2.24) is 40.5 Å². The monoisotopic (exact) mass is 1100 g/mol. The lowest BCUT2D eigenvalue weighted by Gasteiger charge is -2.48. The Labute approximate surface area is 481 Å². The molecule has 0 spiro atoms. The number of carbonyl (C=O) groups is 3. The van der Waals surface area contributed by atoms with Crippen LogP contribution in [-0.4, -0.2) is 93.4 Å². The lowest BCUT2D eigenvalue weighted by molar-refractivity contribution is -0.121. The van der Waals surface area contributed by atoms with Crippen molar-refractivity contribution in [2.24, 2.45) is 0 Å². The highest BCUT2D eigenvalue weighted by atomic mass is 16.3. The molecule has 5 N–H and O–H groups in total. The highest BCUT2D eigenvalue weighted by molar-refractivity contribution is 6.02. The summed E-state index contributed by atoms with van der Waals surface area (Å²) >= 11 is 0. The third-order valence-electron chi connectivity index (χ3n) is 17.4. The minimum absolute atomic E-state index is 0.0298. The van der Waals surface area contributed by atoms with E-state index in [-0.39, 0.29) is 40.8 Å². The Bertz CT molecular complexity index is 3740. The Morgan fingerprint density at radius 1 is 0.817 bits per heavy atom. The van der Waals surface area contributed by atoms with Crippen LogP contribution < -0.4 is 41.5 Å². The van der Waals surface area contributed by atoms with E-state index in [1.165, 1.54) is 49.6 Å². The number of nitrogens with one attached hydrogen (secondary N) is 4. The van der Waals surface area contributed by atoms with Crippen LogP contribution in [0.25, 0.3) is 17.0 Å². The molecule has 422 valence electrons. The van der Waals surface area contributed by atoms with Gasteiger partial charge in [0.1, 0.15) is 18.8 Å². The van der Waals surface area contributed by atoms with Gasteiger partial charge in [-0.1, -0.05) is 69.3 Å². The predicted molar refractivity (Wildman–Crippen MR) is 324 cm³/mol. The van der Waals surface area contributed by atoms with Crippen LogP contribution in [0.3, 0.4) is 0 Å². The molecule has 3 amide bonds. The van der Waals surface area contributed by atoms with Crippen LogP contribution in [0.5, 0.6) is 5.75 Å². The maximum absolute atomic E-state index is 14.9. The molecule has 0 bridgehead atoms. The Hall–Kier alpha value is -8.46. The van der Waals surface area contributed by atoms with Crippen molar-refractivity contribution in [2.45, 2.75) is 123 Å². The van der Waals surface area contributed by atoms with Crippen LogP contribution in [0.15, 0.2) is 109 Å². The van der Waals surface area contributed by atoms with E-state index in [1.54, 1.807) is 48.2 Å². The van der Waals surface area contributed by atoms with Crippen LogP contribution >= 0.6 is 0 Å². The van der Waals surface area contributed by atoms with E-state index >= 15 is 0 Å². The van der Waals surface area contributed by atoms with Crippen molar-refractivity contribution in [3.8, 4) is 17.1 Å². The van der Waals surface area contributed by atoms with Crippen LogP contribution in [0.4, 0.5) is 17.1 Å². The number of hydrogen-bond acceptors (Lipinski definition) is 11. The van der Waals surface area contributed by atoms with Gasteiger partial charge in [-0.3, -0.25) is 19.8 Å². The minimum Gasteiger partial charge on any atom is -0.506 e. The summed E-state index contributed by atoms with van der Waals surface area (Å²) in [5, 5.41) is 35.7. The van der Waals surface area contributed by atoms with E-state index in [4.69, 9.17) is 0 Å². The molecule has 82 heavy (non-hydrogen) atoms. The number of aromatic hydroxyl groups is 1. The highest BCUT2D eigenvalue weighted by Crippen LogP contribution is 2.50. The quantitative estimate of drug-likeness (QED) is 0.0334. The maximum atomic E-state index is 14.9. The third-order valence-corrected chi connectivity index (χ3v) is 17.4. The lowest BCUT2D eigenvalue weighted by atomic mass is 9.64. The second kappa shape index (κ2) is 22.8. The number of nitrogens with zero attached hydrogens (tertiary/aromatic N) is 7. The average molecular weight is 1100 g/mol. The lowest BCUT2D eigenvalue weighted by Crippen LogP contribution is -2.50. The molecule has 6 aromatic carbocycles. The number of aryl methyl sites for hydroxylation is 2. The molecule has 3 aliphatic heterocycles. The van der Waals surface area contributed by atoms with E-state index < -0.39 is 0 Å². The highest BCUT2D eigenvalue weighted by Gasteiger charge is 2.43. The normalized spacial score (nSPS) is 16.2. The van der Waals surface area contributed by atoms with Crippen LogP contribution in [-0.2, 0) is 36.0 Å². The fourth-order valence-corrected chi connectivity index (χ4v) is 13.4. The van der Waals surface area contributed by atoms with Crippen molar-refractivity contribution in [3.05, 3.63) is 187 Å². The molecule has 15 nitrogen and oxygen atoms in total. The van der Waals surface area contributed by atoms with E-state index in [9.17, 15) is 19.5 Å². The number of rotatable bonds is 17. The minimum atomic E-state index is -0.272. The fourth-order valence-electron chi connectivity index (χ4n) is 13.4. The average Bonchev–Trinajstić information content (AvgIpc) is 1.17. The number of hydrogen-bond donors (Lipinski definition) is 5. The molecule has 7 aromatic rings. The Kier molecular flexibility index (Phi) is 15.4. The molecule has 11 rings (SSSR count). The van der Waals surface area contributed by atoms with Crippen molar-refractivity contribution < 1.29 is 19.5 Å². The number of amides is 3. The molecule has 0 saturated carbocycles. The van der Waals surface area contributed by atoms with Crippen molar-refractivity contribution in [1.29, 1.82) is 0 Å². The van der Waals surface area contributed by atoms with Gasteiger partial charge in [-0.05, 0) is 176 Å². The van der Waals surface area contributed by atoms with Gasteiger partial charge in [-0.2, -0.15) is 0 Å². The molecular weight excluding hydrogens is 1020 g/mol. The predicted octanol–water partition coefficient (Wildman–Crippen LogP) is 8.91. The van der Waals surface area contributed by atoms with Gasteiger partial charge in [0.15, 0.2) is 5.82 Å². The molecule has 1 aliphatic carbocycles. The summed E-state index contributed by atoms with van der Waals surface area (Å²) in [5.74, 6) is 1.00. The Morgan fingerprint density at radius 2 is 1.55 bits per heavy atom. The number of phenols is 1. The first kappa shape index (κ1) is 55.4. The summed E-state index contributed by atoms with van der Waals surface area (Å²) in [7, 11) is 1.85. The molecule has 4 aliphatic rings. The Morgan fingerprint density at radius 3 is 2.29 bits per heavy atom. The molecular formula is C67H76N11O4+. The zero-order valence-electron chi connectivity index (χ0n) is 48.7. The summed E-state index contributed by atoms with van der Waals surface area (Å²) in [4.78, 5) is 45.4. The molecule has 0 saturated heterocycles. The number of carbonyl (C=O) groups excluding carboxylic acids is 3. The zero-order valence-corrected chi connectivity index (χ0v) is 48.7. The second-order valence-electron chi connectivity index (χ2n) is 23.9. The summed E-state index contributed by atoms with van der Waals surface area (Å²) in [6.45, 7) is 20.3. The first-order valence-corrected chi connectivity index (χ1v) is 29.2. The molecule has 1 aromatic heterocycles. The fraction of sp³-hybridized carbons (Fsp3) is 0.373. The van der Waals surface area contributed by atoms with Gasteiger partial charge in [-0.25, -0.2) is 4.58 Å². The van der Waals surface area contributed by atoms with Gasteiger partial charge in [0, 0.05) is 96.9 Å². The largest absolute Gasteiger partial charge is 0.506 e. The van der Waals surface area contributed by atoms with Gasteiger partial charge in [0.2, 0.25) is 17.1 Å². The summed E-state index contributed by atoms with van der Waals surface area (Å²) < 4.78 is 2.65. The molecule has 15 heteroatoms. The van der Waals surface area contributed by atoms with Gasteiger partial charge < -0.3 is 31.0 Å². The van der Waals surface area contributed by atoms with Crippen LogP contribution in [0, 0.1) is 6.92 Å². The number of anilines is 3. The van der Waals surface area contributed by atoms with Crippen molar-refractivity contribution in [3.63, 3.8) is 0 Å². The topological polar surface area (TPSA) is 181 Å². The van der Waals surface area contributed by atoms with Gasteiger partial charge in [-0.15, -0.1) is 20.4 Å². The van der Waals surface area contributed by atoms with Crippen molar-refractivity contribution >= 4 is 40.4 Å². The molecule has 1 atom stereocenters. The van der Waals surface area contributed by atoms with Crippen molar-refractivity contribution in [2.75, 3.05) is 55.5 Å². The number of fused-ring (bicyclic) bond motifs is 4. The third kappa shape index (κ3) is 10.9. The van der Waals surface area contributed by atoms with E-state index in [0.717, 1.165) is 79.6 Å². The van der Waals surface area contributed by atoms with Crippen LogP contribution in [0.1, 0.15) is 156 Å². The first-order chi connectivity index (χ1) is 39.5. The van der Waals surface area contributed by atoms with Gasteiger partial charge in [0.25, 0.3) is 11.8 Å². The van der Waals surface area contributed by atoms with E-state index in [1.807, 2.05) is 49.5 Å². The van der Waals surface area contributed by atoms with E-state index in [0.29, 0.717) is 72.5 Å². The summed E-state index contributed by atoms with van der Waals surface area (Å²) in [6.07, 6.45) is 6.78. The summed E-state index contributed by atoms with van der Waals surface area (Å²) in [6, 6.07) is 35.6. The van der Waals surface area contributed by atoms with E-state index in [2.05, 4.69) is 123 Å². The first-order valence-electron chi connectivity index (χ1n) is 29.2.